The molecule has 0 spiro atoms. The van der Waals surface area contributed by atoms with Crippen LogP contribution in [0.3, 0.4) is 0 Å². The van der Waals surface area contributed by atoms with Gasteiger partial charge in [0.1, 0.15) is 11.5 Å². The van der Waals surface area contributed by atoms with Crippen LogP contribution in [0.4, 0.5) is 42.5 Å². The van der Waals surface area contributed by atoms with Crippen LogP contribution in [-0.4, -0.2) is 6.03 Å². The summed E-state index contributed by atoms with van der Waals surface area (Å²) >= 11 is 5.54. The molecule has 32 heavy (non-hydrogen) atoms. The number of ether oxygens (including phenoxy) is 1. The fourth-order valence-corrected chi connectivity index (χ4v) is 2.82. The highest BCUT2D eigenvalue weighted by Crippen LogP contribution is 2.36. The highest BCUT2D eigenvalue weighted by molar-refractivity contribution is 6.31. The number of rotatable bonds is 4. The molecular formula is C21H13ClF6N2O2. The Hall–Kier alpha value is -3.40. The third kappa shape index (κ3) is 6.07. The minimum absolute atomic E-state index is 0.0264. The van der Waals surface area contributed by atoms with Crippen molar-refractivity contribution in [3.63, 3.8) is 0 Å². The Bertz CT molecular complexity index is 1110. The van der Waals surface area contributed by atoms with Crippen molar-refractivity contribution in [2.24, 2.45) is 0 Å². The monoisotopic (exact) mass is 474 g/mol. The summed E-state index contributed by atoms with van der Waals surface area (Å²) in [6.45, 7) is 0. The van der Waals surface area contributed by atoms with Crippen molar-refractivity contribution in [2.45, 2.75) is 12.4 Å². The number of amides is 2. The second-order valence-electron chi connectivity index (χ2n) is 6.42. The molecule has 0 fully saturated rings. The van der Waals surface area contributed by atoms with E-state index in [1.165, 1.54) is 42.5 Å². The number of benzene rings is 3. The predicted molar refractivity (Wildman–Crippen MR) is 107 cm³/mol. The summed E-state index contributed by atoms with van der Waals surface area (Å²) in [6.07, 6.45) is -9.19. The lowest BCUT2D eigenvalue weighted by Crippen LogP contribution is -2.19. The maximum atomic E-state index is 12.9. The third-order valence-corrected chi connectivity index (χ3v) is 4.37. The second kappa shape index (κ2) is 8.99. The van der Waals surface area contributed by atoms with Crippen molar-refractivity contribution in [3.05, 3.63) is 82.9 Å². The Morgan fingerprint density at radius 2 is 1.38 bits per heavy atom. The molecule has 0 bridgehead atoms. The van der Waals surface area contributed by atoms with Gasteiger partial charge in [0.25, 0.3) is 0 Å². The smallest absolute Gasteiger partial charge is 0.417 e. The maximum Gasteiger partial charge on any atom is 0.417 e. The van der Waals surface area contributed by atoms with Gasteiger partial charge in [-0.3, -0.25) is 0 Å². The average Bonchev–Trinajstić information content (AvgIpc) is 2.70. The first-order chi connectivity index (χ1) is 14.9. The predicted octanol–water partition coefficient (Wildman–Crippen LogP) is 7.81. The van der Waals surface area contributed by atoms with Gasteiger partial charge < -0.3 is 15.4 Å². The number of anilines is 2. The van der Waals surface area contributed by atoms with Crippen molar-refractivity contribution in [1.29, 1.82) is 0 Å². The van der Waals surface area contributed by atoms with Gasteiger partial charge in [-0.05, 0) is 60.7 Å². The van der Waals surface area contributed by atoms with Crippen molar-refractivity contribution < 1.29 is 35.9 Å². The van der Waals surface area contributed by atoms with Crippen LogP contribution in [0.2, 0.25) is 5.02 Å². The summed E-state index contributed by atoms with van der Waals surface area (Å²) < 4.78 is 82.4. The van der Waals surface area contributed by atoms with E-state index in [9.17, 15) is 31.1 Å². The molecule has 168 valence electrons. The van der Waals surface area contributed by atoms with Gasteiger partial charge in [0.15, 0.2) is 0 Å². The molecular weight excluding hydrogens is 462 g/mol. The van der Waals surface area contributed by atoms with Gasteiger partial charge in [-0.2, -0.15) is 26.3 Å². The van der Waals surface area contributed by atoms with Crippen LogP contribution in [-0.2, 0) is 12.4 Å². The Morgan fingerprint density at radius 3 is 2.00 bits per heavy atom. The molecule has 0 saturated carbocycles. The molecule has 3 aromatic carbocycles. The summed E-state index contributed by atoms with van der Waals surface area (Å²) in [5.74, 6) is 0.185. The Labute approximate surface area is 182 Å². The largest absolute Gasteiger partial charge is 0.457 e. The molecule has 0 heterocycles. The number of urea groups is 1. The van der Waals surface area contributed by atoms with Crippen LogP contribution in [0.1, 0.15) is 11.1 Å². The summed E-state index contributed by atoms with van der Waals surface area (Å²) in [7, 11) is 0. The number of carbonyl (C=O) groups is 1. The number of alkyl halides is 6. The number of halogens is 7. The first-order valence-electron chi connectivity index (χ1n) is 8.82. The lowest BCUT2D eigenvalue weighted by atomic mass is 10.2. The van der Waals surface area contributed by atoms with Gasteiger partial charge in [-0.1, -0.05) is 17.7 Å². The van der Waals surface area contributed by atoms with Crippen molar-refractivity contribution in [1.82, 2.24) is 0 Å². The van der Waals surface area contributed by atoms with E-state index in [0.717, 1.165) is 18.2 Å². The zero-order valence-electron chi connectivity index (χ0n) is 15.8. The molecule has 3 aromatic rings. The first kappa shape index (κ1) is 23.3. The summed E-state index contributed by atoms with van der Waals surface area (Å²) in [4.78, 5) is 12.1. The molecule has 2 N–H and O–H groups in total. The van der Waals surface area contributed by atoms with Gasteiger partial charge in [-0.15, -0.1) is 0 Å². The van der Waals surface area contributed by atoms with Crippen LogP contribution in [0.25, 0.3) is 0 Å². The van der Waals surface area contributed by atoms with E-state index in [2.05, 4.69) is 10.6 Å². The minimum atomic E-state index is -4.68. The zero-order chi connectivity index (χ0) is 23.5. The van der Waals surface area contributed by atoms with Gasteiger partial charge >= 0.3 is 18.4 Å². The van der Waals surface area contributed by atoms with E-state index >= 15 is 0 Å². The van der Waals surface area contributed by atoms with Crippen molar-refractivity contribution >= 4 is 29.0 Å². The van der Waals surface area contributed by atoms with Gasteiger partial charge in [0.2, 0.25) is 0 Å². The molecule has 0 atom stereocenters. The quantitative estimate of drug-likeness (QED) is 0.379. The van der Waals surface area contributed by atoms with Crippen molar-refractivity contribution in [3.8, 4) is 11.5 Å². The molecule has 0 aliphatic carbocycles. The van der Waals surface area contributed by atoms with E-state index in [0.29, 0.717) is 6.07 Å². The Balaban J connectivity index is 1.63. The van der Waals surface area contributed by atoms with Crippen molar-refractivity contribution in [2.75, 3.05) is 10.6 Å². The standard InChI is InChI=1S/C21H13ClF6N2O2/c22-18-9-6-14(11-17(18)21(26,27)28)30-19(31)29-13-4-7-15(8-5-13)32-16-3-1-2-12(10-16)20(23,24)25/h1-11H,(H2,29,30,31). The van der Waals surface area contributed by atoms with Gasteiger partial charge in [0.05, 0.1) is 16.1 Å². The average molecular weight is 475 g/mol. The number of nitrogens with one attached hydrogen (secondary N) is 2. The van der Waals surface area contributed by atoms with Crippen LogP contribution >= 0.6 is 11.6 Å². The van der Waals surface area contributed by atoms with Crippen LogP contribution in [0.15, 0.2) is 66.7 Å². The SMILES string of the molecule is O=C(Nc1ccc(Oc2cccc(C(F)(F)F)c2)cc1)Nc1ccc(Cl)c(C(F)(F)F)c1. The van der Waals surface area contributed by atoms with Crippen LogP contribution < -0.4 is 15.4 Å². The molecule has 4 nitrogen and oxygen atoms in total. The van der Waals surface area contributed by atoms with Gasteiger partial charge in [0, 0.05) is 11.4 Å². The minimum Gasteiger partial charge on any atom is -0.457 e. The third-order valence-electron chi connectivity index (χ3n) is 4.04. The topological polar surface area (TPSA) is 50.4 Å². The summed E-state index contributed by atoms with van der Waals surface area (Å²) in [6, 6.07) is 12.1. The second-order valence-corrected chi connectivity index (χ2v) is 6.83. The van der Waals surface area contributed by atoms with E-state index in [-0.39, 0.29) is 22.9 Å². The van der Waals surface area contributed by atoms with Crippen LogP contribution in [0.5, 0.6) is 11.5 Å². The lowest BCUT2D eigenvalue weighted by Gasteiger charge is -2.13. The maximum absolute atomic E-state index is 12.9. The molecule has 0 aliphatic heterocycles. The molecule has 0 saturated heterocycles. The molecule has 2 amide bonds. The Morgan fingerprint density at radius 1 is 0.750 bits per heavy atom. The number of hydrogen-bond acceptors (Lipinski definition) is 2. The molecule has 11 heteroatoms. The fraction of sp³-hybridized carbons (Fsp3) is 0.0952. The molecule has 0 aliphatic rings. The molecule has 0 aromatic heterocycles. The highest BCUT2D eigenvalue weighted by atomic mass is 35.5. The number of carbonyl (C=O) groups excluding carboxylic acids is 1. The fourth-order valence-electron chi connectivity index (χ4n) is 2.59. The molecule has 0 radical (unpaired) electrons. The van der Waals surface area contributed by atoms with Gasteiger partial charge in [-0.25, -0.2) is 4.79 Å². The summed E-state index contributed by atoms with van der Waals surface area (Å²) in [5, 5.41) is 4.17. The van der Waals surface area contributed by atoms with E-state index < -0.39 is 34.5 Å². The summed E-state index contributed by atoms with van der Waals surface area (Å²) in [5.41, 5.74) is -1.80. The molecule has 3 rings (SSSR count). The zero-order valence-corrected chi connectivity index (χ0v) is 16.6. The lowest BCUT2D eigenvalue weighted by molar-refractivity contribution is -0.138. The Kier molecular flexibility index (Phi) is 6.54. The normalized spacial score (nSPS) is 11.7. The highest BCUT2D eigenvalue weighted by Gasteiger charge is 2.33. The molecule has 0 unspecified atom stereocenters. The van der Waals surface area contributed by atoms with E-state index in [1.807, 2.05) is 0 Å². The van der Waals surface area contributed by atoms with Crippen LogP contribution in [0, 0.1) is 0 Å². The first-order valence-corrected chi connectivity index (χ1v) is 9.19. The number of hydrogen-bond donors (Lipinski definition) is 2. The van der Waals surface area contributed by atoms with E-state index in [4.69, 9.17) is 16.3 Å². The van der Waals surface area contributed by atoms with E-state index in [1.54, 1.807) is 0 Å².